The van der Waals surface area contributed by atoms with E-state index in [0.29, 0.717) is 12.4 Å². The van der Waals surface area contributed by atoms with Gasteiger partial charge in [-0.1, -0.05) is 6.92 Å². The van der Waals surface area contributed by atoms with E-state index in [0.717, 1.165) is 18.7 Å². The maximum absolute atomic E-state index is 5.99. The van der Waals surface area contributed by atoms with Crippen LogP contribution < -0.4 is 10.5 Å². The van der Waals surface area contributed by atoms with E-state index in [1.807, 2.05) is 7.05 Å². The van der Waals surface area contributed by atoms with Crippen LogP contribution in [0.2, 0.25) is 0 Å². The Hall–Kier alpha value is -1.07. The van der Waals surface area contributed by atoms with Gasteiger partial charge in [0.15, 0.2) is 5.75 Å². The molecule has 0 spiro atoms. The van der Waals surface area contributed by atoms with E-state index in [4.69, 9.17) is 15.2 Å². The van der Waals surface area contributed by atoms with Gasteiger partial charge in [-0.2, -0.15) is 5.10 Å². The van der Waals surface area contributed by atoms with Crippen molar-refractivity contribution in [1.82, 2.24) is 9.78 Å². The number of nitrogens with zero attached hydrogens (tertiary/aromatic N) is 2. The molecular formula is C10H19N3O2. The van der Waals surface area contributed by atoms with Gasteiger partial charge in [-0.25, -0.2) is 0 Å². The summed E-state index contributed by atoms with van der Waals surface area (Å²) in [6, 6.07) is -0.195. The van der Waals surface area contributed by atoms with Crippen molar-refractivity contribution in [2.45, 2.75) is 19.4 Å². The lowest BCUT2D eigenvalue weighted by Crippen LogP contribution is -2.21. The Balaban J connectivity index is 2.63. The van der Waals surface area contributed by atoms with Crippen LogP contribution in [0.1, 0.15) is 25.1 Å². The summed E-state index contributed by atoms with van der Waals surface area (Å²) < 4.78 is 12.3. The van der Waals surface area contributed by atoms with Crippen LogP contribution in [0.5, 0.6) is 5.75 Å². The summed E-state index contributed by atoms with van der Waals surface area (Å²) in [5.74, 6) is 0.713. The Labute approximate surface area is 90.2 Å². The smallest absolute Gasteiger partial charge is 0.161 e. The molecule has 1 rings (SSSR count). The first-order chi connectivity index (χ1) is 7.20. The highest BCUT2D eigenvalue weighted by molar-refractivity contribution is 5.27. The van der Waals surface area contributed by atoms with Gasteiger partial charge in [0.1, 0.15) is 0 Å². The molecule has 1 atom stereocenters. The van der Waals surface area contributed by atoms with Crippen molar-refractivity contribution in [1.29, 1.82) is 0 Å². The zero-order valence-corrected chi connectivity index (χ0v) is 9.56. The van der Waals surface area contributed by atoms with Gasteiger partial charge in [-0.15, -0.1) is 0 Å². The predicted molar refractivity (Wildman–Crippen MR) is 57.8 cm³/mol. The van der Waals surface area contributed by atoms with E-state index >= 15 is 0 Å². The largest absolute Gasteiger partial charge is 0.493 e. The van der Waals surface area contributed by atoms with Crippen molar-refractivity contribution in [3.05, 3.63) is 11.9 Å². The Morgan fingerprint density at radius 1 is 1.60 bits per heavy atom. The van der Waals surface area contributed by atoms with Crippen molar-refractivity contribution in [2.75, 3.05) is 20.3 Å². The second-order valence-electron chi connectivity index (χ2n) is 3.40. The fourth-order valence-electron chi connectivity index (χ4n) is 1.44. The molecule has 0 saturated heterocycles. The van der Waals surface area contributed by atoms with Gasteiger partial charge in [0.05, 0.1) is 31.6 Å². The summed E-state index contributed by atoms with van der Waals surface area (Å²) in [6.07, 6.45) is 2.66. The van der Waals surface area contributed by atoms with Gasteiger partial charge < -0.3 is 15.2 Å². The van der Waals surface area contributed by atoms with Crippen molar-refractivity contribution in [2.24, 2.45) is 12.8 Å². The lowest BCUT2D eigenvalue weighted by Gasteiger charge is -2.13. The quantitative estimate of drug-likeness (QED) is 0.712. The van der Waals surface area contributed by atoms with Crippen LogP contribution >= 0.6 is 0 Å². The van der Waals surface area contributed by atoms with Gasteiger partial charge >= 0.3 is 0 Å². The number of nitrogens with two attached hydrogens (primary N) is 1. The third kappa shape index (κ3) is 2.94. The molecule has 0 fully saturated rings. The lowest BCUT2D eigenvalue weighted by atomic mass is 10.2. The molecule has 0 saturated carbocycles. The molecule has 0 aliphatic rings. The molecule has 0 radical (unpaired) electrons. The van der Waals surface area contributed by atoms with Crippen LogP contribution in [-0.2, 0) is 11.8 Å². The second kappa shape index (κ2) is 5.72. The normalized spacial score (nSPS) is 12.8. The average Bonchev–Trinajstić information content (AvgIpc) is 2.59. The highest BCUT2D eigenvalue weighted by Gasteiger charge is 2.16. The van der Waals surface area contributed by atoms with Crippen molar-refractivity contribution in [3.63, 3.8) is 0 Å². The topological polar surface area (TPSA) is 62.3 Å². The minimum atomic E-state index is -0.195. The van der Waals surface area contributed by atoms with Crippen LogP contribution in [0.3, 0.4) is 0 Å². The minimum Gasteiger partial charge on any atom is -0.493 e. The van der Waals surface area contributed by atoms with Gasteiger partial charge in [0.2, 0.25) is 0 Å². The molecule has 5 nitrogen and oxygen atoms in total. The molecular weight excluding hydrogens is 194 g/mol. The highest BCUT2D eigenvalue weighted by atomic mass is 16.5. The third-order valence-electron chi connectivity index (χ3n) is 2.17. The summed E-state index contributed by atoms with van der Waals surface area (Å²) >= 11 is 0. The molecule has 1 aromatic rings. The van der Waals surface area contributed by atoms with Crippen molar-refractivity contribution in [3.8, 4) is 5.75 Å². The predicted octanol–water partition coefficient (Wildman–Crippen LogP) is 0.855. The lowest BCUT2D eigenvalue weighted by molar-refractivity contribution is 0.119. The molecule has 5 heteroatoms. The SMILES string of the molecule is CCCOCC(N)c1c(OC)cnn1C. The number of aryl methyl sites for hydroxylation is 1. The van der Waals surface area contributed by atoms with Crippen LogP contribution in [-0.4, -0.2) is 30.1 Å². The molecule has 0 amide bonds. The summed E-state index contributed by atoms with van der Waals surface area (Å²) in [6.45, 7) is 3.29. The van der Waals surface area contributed by atoms with Crippen LogP contribution in [0, 0.1) is 0 Å². The second-order valence-corrected chi connectivity index (χ2v) is 3.40. The minimum absolute atomic E-state index is 0.195. The number of hydrogen-bond acceptors (Lipinski definition) is 4. The Bertz CT molecular complexity index is 299. The summed E-state index contributed by atoms with van der Waals surface area (Å²) in [4.78, 5) is 0. The van der Waals surface area contributed by atoms with Crippen LogP contribution in [0.4, 0.5) is 0 Å². The fourth-order valence-corrected chi connectivity index (χ4v) is 1.44. The maximum Gasteiger partial charge on any atom is 0.161 e. The molecule has 0 aromatic carbocycles. The van der Waals surface area contributed by atoms with Crippen molar-refractivity contribution < 1.29 is 9.47 Å². The molecule has 1 aromatic heterocycles. The first-order valence-electron chi connectivity index (χ1n) is 5.09. The van der Waals surface area contributed by atoms with E-state index in [2.05, 4.69) is 12.0 Å². The first-order valence-corrected chi connectivity index (χ1v) is 5.09. The van der Waals surface area contributed by atoms with E-state index in [-0.39, 0.29) is 6.04 Å². The van der Waals surface area contributed by atoms with Crippen LogP contribution in [0.25, 0.3) is 0 Å². The van der Waals surface area contributed by atoms with E-state index in [1.54, 1.807) is 18.0 Å². The van der Waals surface area contributed by atoms with Gasteiger partial charge in [0, 0.05) is 13.7 Å². The molecule has 15 heavy (non-hydrogen) atoms. The van der Waals surface area contributed by atoms with Gasteiger partial charge in [-0.3, -0.25) is 4.68 Å². The number of aromatic nitrogens is 2. The number of rotatable bonds is 6. The van der Waals surface area contributed by atoms with Gasteiger partial charge in [0.25, 0.3) is 0 Å². The van der Waals surface area contributed by atoms with E-state index in [9.17, 15) is 0 Å². The fraction of sp³-hybridized carbons (Fsp3) is 0.700. The zero-order valence-electron chi connectivity index (χ0n) is 9.56. The highest BCUT2D eigenvalue weighted by Crippen LogP contribution is 2.22. The molecule has 86 valence electrons. The standard InChI is InChI=1S/C10H19N3O2/c1-4-5-15-7-8(11)10-9(14-3)6-12-13(10)2/h6,8H,4-5,7,11H2,1-3H3. The third-order valence-corrected chi connectivity index (χ3v) is 2.17. The molecule has 2 N–H and O–H groups in total. The summed E-state index contributed by atoms with van der Waals surface area (Å²) in [7, 11) is 3.46. The number of ether oxygens (including phenoxy) is 2. The molecule has 1 unspecified atom stereocenters. The van der Waals surface area contributed by atoms with E-state index < -0.39 is 0 Å². The summed E-state index contributed by atoms with van der Waals surface area (Å²) in [5.41, 5.74) is 6.86. The summed E-state index contributed by atoms with van der Waals surface area (Å²) in [5, 5.41) is 4.09. The monoisotopic (exact) mass is 213 g/mol. The first kappa shape index (κ1) is 12.0. The zero-order chi connectivity index (χ0) is 11.3. The molecule has 0 bridgehead atoms. The van der Waals surface area contributed by atoms with Crippen molar-refractivity contribution >= 4 is 0 Å². The Kier molecular flexibility index (Phi) is 4.58. The average molecular weight is 213 g/mol. The number of hydrogen-bond donors (Lipinski definition) is 1. The Morgan fingerprint density at radius 2 is 2.33 bits per heavy atom. The maximum atomic E-state index is 5.99. The number of methoxy groups -OCH3 is 1. The Morgan fingerprint density at radius 3 is 2.93 bits per heavy atom. The molecule has 1 heterocycles. The van der Waals surface area contributed by atoms with Gasteiger partial charge in [-0.05, 0) is 6.42 Å². The van der Waals surface area contributed by atoms with Crippen LogP contribution in [0.15, 0.2) is 6.20 Å². The molecule has 0 aliphatic heterocycles. The molecule has 0 aliphatic carbocycles. The van der Waals surface area contributed by atoms with E-state index in [1.165, 1.54) is 0 Å².